The van der Waals surface area contributed by atoms with E-state index >= 15 is 0 Å². The second-order valence-corrected chi connectivity index (χ2v) is 6.91. The van der Waals surface area contributed by atoms with Crippen LogP contribution >= 0.6 is 0 Å². The molecule has 126 valence electrons. The van der Waals surface area contributed by atoms with Gasteiger partial charge in [-0.25, -0.2) is 4.39 Å². The van der Waals surface area contributed by atoms with E-state index in [0.717, 1.165) is 12.8 Å². The highest BCUT2D eigenvalue weighted by Gasteiger charge is 2.51. The molecule has 4 rings (SSSR count). The van der Waals surface area contributed by atoms with Gasteiger partial charge in [-0.3, -0.25) is 4.79 Å². The van der Waals surface area contributed by atoms with E-state index in [-0.39, 0.29) is 30.2 Å². The Labute approximate surface area is 139 Å². The lowest BCUT2D eigenvalue weighted by Crippen LogP contribution is -2.52. The van der Waals surface area contributed by atoms with Crippen molar-refractivity contribution < 1.29 is 18.7 Å². The van der Waals surface area contributed by atoms with E-state index in [2.05, 4.69) is 0 Å². The van der Waals surface area contributed by atoms with Crippen molar-refractivity contribution in [2.24, 2.45) is 0 Å². The van der Waals surface area contributed by atoms with Crippen molar-refractivity contribution in [3.63, 3.8) is 0 Å². The Morgan fingerprint density at radius 2 is 2.00 bits per heavy atom. The van der Waals surface area contributed by atoms with Gasteiger partial charge in [0.15, 0.2) is 0 Å². The molecule has 2 unspecified atom stereocenters. The third-order valence-corrected chi connectivity index (χ3v) is 5.28. The summed E-state index contributed by atoms with van der Waals surface area (Å²) < 4.78 is 18.7. The van der Waals surface area contributed by atoms with Crippen LogP contribution in [0.15, 0.2) is 47.1 Å². The Bertz CT molecular complexity index is 729. The van der Waals surface area contributed by atoms with Gasteiger partial charge in [0.1, 0.15) is 17.2 Å². The lowest BCUT2D eigenvalue weighted by atomic mass is 9.84. The lowest BCUT2D eigenvalue weighted by Gasteiger charge is -2.43. The number of carbonyl (C=O) groups excluding carboxylic acids is 1. The lowest BCUT2D eigenvalue weighted by molar-refractivity contribution is -0.142. The van der Waals surface area contributed by atoms with Gasteiger partial charge in [-0.05, 0) is 42.7 Å². The van der Waals surface area contributed by atoms with Gasteiger partial charge < -0.3 is 14.4 Å². The molecule has 0 radical (unpaired) electrons. The quantitative estimate of drug-likeness (QED) is 0.942. The van der Waals surface area contributed by atoms with E-state index in [0.29, 0.717) is 24.2 Å². The van der Waals surface area contributed by atoms with E-state index < -0.39 is 5.60 Å². The van der Waals surface area contributed by atoms with Crippen LogP contribution in [0.4, 0.5) is 4.39 Å². The second-order valence-electron chi connectivity index (χ2n) is 6.91. The number of aliphatic hydroxyl groups is 1. The number of furan rings is 1. The zero-order valence-electron chi connectivity index (χ0n) is 13.3. The Morgan fingerprint density at radius 1 is 1.25 bits per heavy atom. The van der Waals surface area contributed by atoms with Crippen LogP contribution in [0.2, 0.25) is 0 Å². The predicted molar refractivity (Wildman–Crippen MR) is 85.6 cm³/mol. The maximum atomic E-state index is 13.3. The topological polar surface area (TPSA) is 53.7 Å². The number of carbonyl (C=O) groups is 1. The number of rotatable bonds is 3. The number of amides is 1. The SMILES string of the molecule is O=C(Cc1cccc(F)c1)N1C2CCC1CC(O)(c1ccco1)C2. The van der Waals surface area contributed by atoms with Gasteiger partial charge >= 0.3 is 0 Å². The molecule has 2 fully saturated rings. The molecule has 2 aromatic rings. The van der Waals surface area contributed by atoms with E-state index in [9.17, 15) is 14.3 Å². The summed E-state index contributed by atoms with van der Waals surface area (Å²) in [7, 11) is 0. The number of nitrogens with zero attached hydrogens (tertiary/aromatic N) is 1. The van der Waals surface area contributed by atoms with Crippen molar-refractivity contribution in [1.82, 2.24) is 4.90 Å². The molecule has 2 bridgehead atoms. The molecule has 2 aliphatic heterocycles. The van der Waals surface area contributed by atoms with Crippen molar-refractivity contribution in [3.05, 3.63) is 59.8 Å². The summed E-state index contributed by atoms with van der Waals surface area (Å²) in [6.45, 7) is 0. The molecule has 3 heterocycles. The first kappa shape index (κ1) is 15.4. The van der Waals surface area contributed by atoms with Crippen LogP contribution in [-0.4, -0.2) is 28.0 Å². The van der Waals surface area contributed by atoms with Crippen LogP contribution in [0.5, 0.6) is 0 Å². The summed E-state index contributed by atoms with van der Waals surface area (Å²) >= 11 is 0. The fourth-order valence-corrected chi connectivity index (χ4v) is 4.29. The monoisotopic (exact) mass is 329 g/mol. The minimum absolute atomic E-state index is 0.00888. The molecule has 1 N–H and O–H groups in total. The average molecular weight is 329 g/mol. The molecule has 2 atom stereocenters. The maximum Gasteiger partial charge on any atom is 0.227 e. The van der Waals surface area contributed by atoms with Crippen molar-refractivity contribution in [2.75, 3.05) is 0 Å². The molecule has 1 amide bonds. The summed E-state index contributed by atoms with van der Waals surface area (Å²) in [6.07, 6.45) is 4.53. The Balaban J connectivity index is 1.51. The molecule has 1 aromatic heterocycles. The van der Waals surface area contributed by atoms with Crippen LogP contribution in [0.25, 0.3) is 0 Å². The smallest absolute Gasteiger partial charge is 0.227 e. The molecular weight excluding hydrogens is 309 g/mol. The maximum absolute atomic E-state index is 13.3. The fourth-order valence-electron chi connectivity index (χ4n) is 4.29. The Morgan fingerprint density at radius 3 is 2.62 bits per heavy atom. The largest absolute Gasteiger partial charge is 0.466 e. The van der Waals surface area contributed by atoms with E-state index in [1.54, 1.807) is 30.5 Å². The summed E-state index contributed by atoms with van der Waals surface area (Å²) in [5, 5.41) is 11.0. The molecule has 2 saturated heterocycles. The fraction of sp³-hybridized carbons (Fsp3) is 0.421. The Kier molecular flexibility index (Phi) is 3.68. The van der Waals surface area contributed by atoms with E-state index in [1.165, 1.54) is 12.1 Å². The number of hydrogen-bond acceptors (Lipinski definition) is 3. The number of halogens is 1. The third-order valence-electron chi connectivity index (χ3n) is 5.28. The van der Waals surface area contributed by atoms with Crippen LogP contribution in [0.1, 0.15) is 37.0 Å². The summed E-state index contributed by atoms with van der Waals surface area (Å²) in [5.74, 6) is 0.264. The normalized spacial score (nSPS) is 29.0. The molecule has 5 heteroatoms. The predicted octanol–water partition coefficient (Wildman–Crippen LogP) is 3.00. The standard InChI is InChI=1S/C19H20FNO3/c20-14-4-1-3-13(9-14)10-18(22)21-15-6-7-16(21)12-19(23,11-15)17-5-2-8-24-17/h1-5,8-9,15-16,23H,6-7,10-12H2. The second kappa shape index (κ2) is 5.74. The number of benzene rings is 1. The molecule has 0 spiro atoms. The highest BCUT2D eigenvalue weighted by molar-refractivity contribution is 5.80. The van der Waals surface area contributed by atoms with E-state index in [4.69, 9.17) is 4.42 Å². The minimum atomic E-state index is -0.995. The molecule has 2 aliphatic rings. The molecule has 0 aliphatic carbocycles. The van der Waals surface area contributed by atoms with Gasteiger partial charge in [0.25, 0.3) is 0 Å². The zero-order valence-corrected chi connectivity index (χ0v) is 13.3. The van der Waals surface area contributed by atoms with Crippen molar-refractivity contribution in [2.45, 2.75) is 49.8 Å². The molecule has 1 aromatic carbocycles. The van der Waals surface area contributed by atoms with Crippen LogP contribution in [-0.2, 0) is 16.8 Å². The van der Waals surface area contributed by atoms with Gasteiger partial charge in [0.05, 0.1) is 12.7 Å². The average Bonchev–Trinajstić information content (AvgIpc) is 3.15. The first-order chi connectivity index (χ1) is 11.5. The van der Waals surface area contributed by atoms with Crippen LogP contribution in [0, 0.1) is 5.82 Å². The van der Waals surface area contributed by atoms with Crippen LogP contribution < -0.4 is 0 Å². The zero-order chi connectivity index (χ0) is 16.7. The first-order valence-electron chi connectivity index (χ1n) is 8.37. The highest BCUT2D eigenvalue weighted by atomic mass is 19.1. The Hall–Kier alpha value is -2.14. The summed E-state index contributed by atoms with van der Waals surface area (Å²) in [4.78, 5) is 14.6. The summed E-state index contributed by atoms with van der Waals surface area (Å²) in [5.41, 5.74) is -0.309. The minimum Gasteiger partial charge on any atom is -0.466 e. The van der Waals surface area contributed by atoms with Gasteiger partial charge in [0, 0.05) is 24.9 Å². The molecule has 4 nitrogen and oxygen atoms in total. The third kappa shape index (κ3) is 2.63. The number of fused-ring (bicyclic) bond motifs is 2. The number of piperidine rings is 1. The highest BCUT2D eigenvalue weighted by Crippen LogP contribution is 2.46. The van der Waals surface area contributed by atoms with Gasteiger partial charge in [0.2, 0.25) is 5.91 Å². The van der Waals surface area contributed by atoms with Crippen molar-refractivity contribution in [1.29, 1.82) is 0 Å². The van der Waals surface area contributed by atoms with Crippen molar-refractivity contribution in [3.8, 4) is 0 Å². The van der Waals surface area contributed by atoms with Crippen molar-refractivity contribution >= 4 is 5.91 Å². The summed E-state index contributed by atoms with van der Waals surface area (Å²) in [6, 6.07) is 9.77. The molecule has 24 heavy (non-hydrogen) atoms. The van der Waals surface area contributed by atoms with Gasteiger partial charge in [-0.15, -0.1) is 0 Å². The first-order valence-corrected chi connectivity index (χ1v) is 8.37. The molecule has 0 saturated carbocycles. The number of hydrogen-bond donors (Lipinski definition) is 1. The van der Waals surface area contributed by atoms with Crippen LogP contribution in [0.3, 0.4) is 0 Å². The van der Waals surface area contributed by atoms with E-state index in [1.807, 2.05) is 4.90 Å². The van der Waals surface area contributed by atoms with Gasteiger partial charge in [-0.2, -0.15) is 0 Å². The molecular formula is C19H20FNO3. The van der Waals surface area contributed by atoms with Gasteiger partial charge in [-0.1, -0.05) is 12.1 Å².